The summed E-state index contributed by atoms with van der Waals surface area (Å²) in [6, 6.07) is 29.7. The highest BCUT2D eigenvalue weighted by atomic mass is 32.2. The fraction of sp³-hybridized carbons (Fsp3) is 0.207. The molecule has 0 saturated heterocycles. The number of thioether (sulfide) groups is 2. The summed E-state index contributed by atoms with van der Waals surface area (Å²) in [5.41, 5.74) is 2.12. The van der Waals surface area contributed by atoms with Gasteiger partial charge >= 0.3 is 0 Å². The fourth-order valence-corrected chi connectivity index (χ4v) is 5.56. The lowest BCUT2D eigenvalue weighted by Gasteiger charge is -2.18. The molecule has 0 radical (unpaired) electrons. The van der Waals surface area contributed by atoms with Crippen LogP contribution in [0.15, 0.2) is 99.9 Å². The molecule has 0 aliphatic heterocycles. The summed E-state index contributed by atoms with van der Waals surface area (Å²) >= 11 is 3.69. The maximum Gasteiger partial charge on any atom is 0.0882 e. The molecular weight excluding hydrogens is 440 g/mol. The number of aliphatic imine (C=N–C) groups is 1. The average Bonchev–Trinajstić information content (AvgIpc) is 2.81. The predicted molar refractivity (Wildman–Crippen MR) is 152 cm³/mol. The van der Waals surface area contributed by atoms with E-state index in [-0.39, 0.29) is 0 Å². The van der Waals surface area contributed by atoms with E-state index in [0.717, 1.165) is 21.3 Å². The van der Waals surface area contributed by atoms with Crippen molar-refractivity contribution >= 4 is 62.7 Å². The van der Waals surface area contributed by atoms with Crippen LogP contribution in [-0.2, 0) is 0 Å². The van der Waals surface area contributed by atoms with Crippen LogP contribution in [0.5, 0.6) is 0 Å². The Labute approximate surface area is 205 Å². The number of anilines is 1. The molecule has 168 valence electrons. The standard InChI is InChI=1S/C29H30N2S2/c1-20(2)32-28(19-30-26-17-9-13-22-11-5-7-15-24(22)26)29(33-21(3)4)31-27-18-10-14-23-12-6-8-16-25(23)27/h5-21,31H,1-4H3/b29-28-,30-19?. The van der Waals surface area contributed by atoms with Crippen LogP contribution in [0, 0.1) is 0 Å². The monoisotopic (exact) mass is 470 g/mol. The molecule has 0 spiro atoms. The number of hydrogen-bond acceptors (Lipinski definition) is 4. The van der Waals surface area contributed by atoms with Gasteiger partial charge in [0.2, 0.25) is 0 Å². The zero-order chi connectivity index (χ0) is 23.2. The van der Waals surface area contributed by atoms with Gasteiger partial charge in [-0.25, -0.2) is 0 Å². The lowest BCUT2D eigenvalue weighted by atomic mass is 10.1. The molecule has 0 fully saturated rings. The first-order chi connectivity index (χ1) is 16.0. The Balaban J connectivity index is 1.78. The molecule has 2 nitrogen and oxygen atoms in total. The molecule has 0 saturated carbocycles. The molecule has 4 rings (SSSR count). The number of hydrogen-bond donors (Lipinski definition) is 1. The number of benzene rings is 4. The van der Waals surface area contributed by atoms with E-state index >= 15 is 0 Å². The highest BCUT2D eigenvalue weighted by Gasteiger charge is 2.13. The van der Waals surface area contributed by atoms with E-state index in [1.54, 1.807) is 0 Å². The molecule has 0 heterocycles. The molecule has 33 heavy (non-hydrogen) atoms. The summed E-state index contributed by atoms with van der Waals surface area (Å²) in [7, 11) is 0. The summed E-state index contributed by atoms with van der Waals surface area (Å²) in [5.74, 6) is 0. The van der Waals surface area contributed by atoms with Crippen molar-refractivity contribution in [1.82, 2.24) is 0 Å². The van der Waals surface area contributed by atoms with Crippen LogP contribution in [0.1, 0.15) is 27.7 Å². The van der Waals surface area contributed by atoms with Crippen molar-refractivity contribution in [3.8, 4) is 0 Å². The van der Waals surface area contributed by atoms with Crippen molar-refractivity contribution in [2.45, 2.75) is 38.2 Å². The van der Waals surface area contributed by atoms with E-state index in [2.05, 4.69) is 118 Å². The predicted octanol–water partition coefficient (Wildman–Crippen LogP) is 9.26. The molecular formula is C29H30N2S2. The first-order valence-electron chi connectivity index (χ1n) is 11.4. The number of rotatable bonds is 8. The van der Waals surface area contributed by atoms with Gasteiger partial charge in [-0.15, -0.1) is 23.5 Å². The van der Waals surface area contributed by atoms with Crippen molar-refractivity contribution in [2.75, 3.05) is 5.32 Å². The maximum atomic E-state index is 4.96. The van der Waals surface area contributed by atoms with E-state index in [1.807, 2.05) is 29.7 Å². The molecule has 0 aliphatic rings. The Hall–Kier alpha value is -2.69. The molecule has 0 unspecified atom stereocenters. The first-order valence-corrected chi connectivity index (χ1v) is 13.1. The zero-order valence-electron chi connectivity index (χ0n) is 19.6. The van der Waals surface area contributed by atoms with E-state index < -0.39 is 0 Å². The smallest absolute Gasteiger partial charge is 0.0882 e. The minimum absolute atomic E-state index is 0.441. The maximum absolute atomic E-state index is 4.96. The molecule has 0 aromatic heterocycles. The van der Waals surface area contributed by atoms with Crippen LogP contribution in [0.4, 0.5) is 11.4 Å². The molecule has 4 heteroatoms. The van der Waals surface area contributed by atoms with Gasteiger partial charge in [-0.05, 0) is 22.9 Å². The van der Waals surface area contributed by atoms with Crippen LogP contribution in [-0.4, -0.2) is 16.7 Å². The number of allylic oxidation sites excluding steroid dienone is 1. The van der Waals surface area contributed by atoms with E-state index in [1.165, 1.54) is 21.5 Å². The number of nitrogens with zero attached hydrogens (tertiary/aromatic N) is 1. The third-order valence-corrected chi connectivity index (χ3v) is 7.26. The van der Waals surface area contributed by atoms with Gasteiger partial charge in [0.1, 0.15) is 0 Å². The molecule has 4 aromatic rings. The summed E-state index contributed by atoms with van der Waals surface area (Å²) in [5, 5.41) is 10.6. The summed E-state index contributed by atoms with van der Waals surface area (Å²) < 4.78 is 0. The molecule has 0 amide bonds. The van der Waals surface area contributed by atoms with Crippen LogP contribution >= 0.6 is 23.5 Å². The molecule has 4 aromatic carbocycles. The Morgan fingerprint density at radius 2 is 1.27 bits per heavy atom. The SMILES string of the molecule is CC(C)S/C(C=Nc1cccc2ccccc12)=C(/Nc1cccc2ccccc12)SC(C)C. The van der Waals surface area contributed by atoms with Crippen molar-refractivity contribution in [3.63, 3.8) is 0 Å². The number of nitrogens with one attached hydrogen (secondary N) is 1. The lowest BCUT2D eigenvalue weighted by Crippen LogP contribution is -2.05. The molecule has 0 atom stereocenters. The lowest BCUT2D eigenvalue weighted by molar-refractivity contribution is 1.11. The Morgan fingerprint density at radius 1 is 0.697 bits per heavy atom. The van der Waals surface area contributed by atoms with E-state index in [9.17, 15) is 0 Å². The zero-order valence-corrected chi connectivity index (χ0v) is 21.2. The fourth-order valence-electron chi connectivity index (χ4n) is 3.69. The van der Waals surface area contributed by atoms with Gasteiger partial charge in [0.25, 0.3) is 0 Å². The highest BCUT2D eigenvalue weighted by molar-refractivity contribution is 8.07. The van der Waals surface area contributed by atoms with Gasteiger partial charge < -0.3 is 5.32 Å². The van der Waals surface area contributed by atoms with E-state index in [4.69, 9.17) is 4.99 Å². The largest absolute Gasteiger partial charge is 0.349 e. The quantitative estimate of drug-likeness (QED) is 0.260. The summed E-state index contributed by atoms with van der Waals surface area (Å²) in [4.78, 5) is 6.12. The highest BCUT2D eigenvalue weighted by Crippen LogP contribution is 2.35. The second-order valence-corrected chi connectivity index (χ2v) is 11.6. The Morgan fingerprint density at radius 3 is 1.97 bits per heavy atom. The van der Waals surface area contributed by atoms with Gasteiger partial charge in [0, 0.05) is 33.2 Å². The van der Waals surface area contributed by atoms with Crippen LogP contribution < -0.4 is 5.32 Å². The third-order valence-electron chi connectivity index (χ3n) is 5.07. The first kappa shape index (κ1) is 23.5. The van der Waals surface area contributed by atoms with Gasteiger partial charge in [0.05, 0.1) is 15.6 Å². The van der Waals surface area contributed by atoms with E-state index in [0.29, 0.717) is 10.5 Å². The van der Waals surface area contributed by atoms with Crippen molar-refractivity contribution in [3.05, 3.63) is 94.9 Å². The second-order valence-electron chi connectivity index (χ2n) is 8.43. The third kappa shape index (κ3) is 6.01. The van der Waals surface area contributed by atoms with Crippen molar-refractivity contribution < 1.29 is 0 Å². The van der Waals surface area contributed by atoms with Gasteiger partial charge in [-0.2, -0.15) is 0 Å². The van der Waals surface area contributed by atoms with Crippen molar-refractivity contribution in [2.24, 2.45) is 4.99 Å². The van der Waals surface area contributed by atoms with Crippen molar-refractivity contribution in [1.29, 1.82) is 0 Å². The normalized spacial score (nSPS) is 12.8. The van der Waals surface area contributed by atoms with Crippen LogP contribution in [0.25, 0.3) is 21.5 Å². The average molecular weight is 471 g/mol. The van der Waals surface area contributed by atoms with Crippen LogP contribution in [0.3, 0.4) is 0 Å². The topological polar surface area (TPSA) is 24.4 Å². The molecule has 0 aliphatic carbocycles. The number of fused-ring (bicyclic) bond motifs is 2. The van der Waals surface area contributed by atoms with Gasteiger partial charge in [-0.3, -0.25) is 4.99 Å². The molecule has 1 N–H and O–H groups in total. The summed E-state index contributed by atoms with van der Waals surface area (Å²) in [6.45, 7) is 8.92. The summed E-state index contributed by atoms with van der Waals surface area (Å²) in [6.07, 6.45) is 2.04. The van der Waals surface area contributed by atoms with Crippen LogP contribution in [0.2, 0.25) is 0 Å². The second kappa shape index (κ2) is 11.0. The van der Waals surface area contributed by atoms with Gasteiger partial charge in [-0.1, -0.05) is 100 Å². The Bertz CT molecular complexity index is 1290. The molecule has 0 bridgehead atoms. The minimum Gasteiger partial charge on any atom is -0.349 e. The minimum atomic E-state index is 0.441. The Kier molecular flexibility index (Phi) is 7.79. The van der Waals surface area contributed by atoms with Gasteiger partial charge in [0.15, 0.2) is 0 Å².